The van der Waals surface area contributed by atoms with Crippen LogP contribution in [0.5, 0.6) is 0 Å². The summed E-state index contributed by atoms with van der Waals surface area (Å²) >= 11 is 3.38. The van der Waals surface area contributed by atoms with E-state index in [1.54, 1.807) is 30.3 Å². The minimum Gasteiger partial charge on any atom is -0.371 e. The molecule has 150 valence electrons. The first-order valence-corrected chi connectivity index (χ1v) is 11.3. The molecular formula is C19H22BrN3O4S. The van der Waals surface area contributed by atoms with Gasteiger partial charge in [0.1, 0.15) is 0 Å². The minimum absolute atomic E-state index is 0.0807. The van der Waals surface area contributed by atoms with E-state index >= 15 is 0 Å². The average molecular weight is 468 g/mol. The van der Waals surface area contributed by atoms with Gasteiger partial charge < -0.3 is 4.90 Å². The monoisotopic (exact) mass is 467 g/mol. The Labute approximate surface area is 173 Å². The van der Waals surface area contributed by atoms with E-state index in [9.17, 15) is 18.5 Å². The fraction of sp³-hybridized carbons (Fsp3) is 0.368. The van der Waals surface area contributed by atoms with Gasteiger partial charge in [0.05, 0.1) is 9.82 Å². The number of halogens is 1. The third kappa shape index (κ3) is 4.89. The summed E-state index contributed by atoms with van der Waals surface area (Å²) in [6.07, 6.45) is 1.65. The predicted octanol–water partition coefficient (Wildman–Crippen LogP) is 3.86. The topological polar surface area (TPSA) is 92.6 Å². The van der Waals surface area contributed by atoms with Crippen LogP contribution in [0.4, 0.5) is 11.4 Å². The molecule has 0 saturated carbocycles. The Hall–Kier alpha value is -1.97. The van der Waals surface area contributed by atoms with Crippen molar-refractivity contribution in [2.45, 2.75) is 24.7 Å². The first-order chi connectivity index (χ1) is 13.3. The molecule has 0 aliphatic carbocycles. The zero-order chi connectivity index (χ0) is 20.3. The van der Waals surface area contributed by atoms with Gasteiger partial charge in [0.2, 0.25) is 10.0 Å². The van der Waals surface area contributed by atoms with Crippen molar-refractivity contribution in [1.29, 1.82) is 0 Å². The highest BCUT2D eigenvalue weighted by Gasteiger charge is 2.23. The molecule has 2 aromatic rings. The van der Waals surface area contributed by atoms with Gasteiger partial charge >= 0.3 is 0 Å². The molecular weight excluding hydrogens is 446 g/mol. The number of nitrogens with one attached hydrogen (secondary N) is 1. The Morgan fingerprint density at radius 1 is 1.21 bits per heavy atom. The van der Waals surface area contributed by atoms with Crippen LogP contribution in [0.15, 0.2) is 51.8 Å². The van der Waals surface area contributed by atoms with E-state index in [1.807, 2.05) is 13.0 Å². The number of nitro groups is 1. The van der Waals surface area contributed by atoms with E-state index in [1.165, 1.54) is 6.07 Å². The zero-order valence-electron chi connectivity index (χ0n) is 15.5. The lowest BCUT2D eigenvalue weighted by Crippen LogP contribution is -2.38. The maximum absolute atomic E-state index is 12.5. The van der Waals surface area contributed by atoms with Crippen LogP contribution in [0.3, 0.4) is 0 Å². The summed E-state index contributed by atoms with van der Waals surface area (Å²) in [4.78, 5) is 12.9. The van der Waals surface area contributed by atoms with E-state index in [4.69, 9.17) is 0 Å². The molecule has 0 atom stereocenters. The van der Waals surface area contributed by atoms with Crippen molar-refractivity contribution in [3.63, 3.8) is 0 Å². The molecule has 0 aromatic heterocycles. The number of aryl methyl sites for hydroxylation is 1. The summed E-state index contributed by atoms with van der Waals surface area (Å²) in [6.45, 7) is 3.73. The molecule has 1 heterocycles. The fourth-order valence-electron chi connectivity index (χ4n) is 3.29. The largest absolute Gasteiger partial charge is 0.371 e. The summed E-state index contributed by atoms with van der Waals surface area (Å²) < 4.78 is 28.6. The van der Waals surface area contributed by atoms with Crippen LogP contribution >= 0.6 is 15.9 Å². The molecule has 3 rings (SSSR count). The van der Waals surface area contributed by atoms with Gasteiger partial charge in [0, 0.05) is 41.9 Å². The minimum atomic E-state index is -3.54. The highest BCUT2D eigenvalue weighted by atomic mass is 79.9. The molecule has 1 aliphatic heterocycles. The number of benzene rings is 2. The maximum atomic E-state index is 12.5. The van der Waals surface area contributed by atoms with Crippen molar-refractivity contribution in [2.24, 2.45) is 5.92 Å². The molecule has 1 N–H and O–H groups in total. The fourth-order valence-corrected chi connectivity index (χ4v) is 4.74. The van der Waals surface area contributed by atoms with E-state index in [0.717, 1.165) is 41.7 Å². The first kappa shape index (κ1) is 20.8. The van der Waals surface area contributed by atoms with Gasteiger partial charge in [0.15, 0.2) is 0 Å². The van der Waals surface area contributed by atoms with Gasteiger partial charge in [-0.25, -0.2) is 13.1 Å². The molecule has 0 amide bonds. The molecule has 0 radical (unpaired) electrons. The highest BCUT2D eigenvalue weighted by molar-refractivity contribution is 9.10. The standard InChI is InChI=1S/C19H22BrN3O4S/c1-14-11-18(5-6-19(14)20)28(26,27)21-13-15-7-9-22(10-8-15)16-3-2-4-17(12-16)23(24)25/h2-6,11-12,15,21H,7-10,13H2,1H3. The third-order valence-corrected chi connectivity index (χ3v) is 7.33. The summed E-state index contributed by atoms with van der Waals surface area (Å²) in [7, 11) is -3.54. The molecule has 0 bridgehead atoms. The summed E-state index contributed by atoms with van der Waals surface area (Å²) in [6, 6.07) is 11.6. The smallest absolute Gasteiger partial charge is 0.271 e. The number of nitrogens with zero attached hydrogens (tertiary/aromatic N) is 2. The van der Waals surface area contributed by atoms with Gasteiger partial charge in [-0.2, -0.15) is 0 Å². The molecule has 1 saturated heterocycles. The Bertz CT molecular complexity index is 973. The Morgan fingerprint density at radius 2 is 1.93 bits per heavy atom. The number of rotatable bonds is 6. The number of piperidine rings is 1. The van der Waals surface area contributed by atoms with Crippen LogP contribution in [0.1, 0.15) is 18.4 Å². The van der Waals surface area contributed by atoms with Crippen molar-refractivity contribution in [2.75, 3.05) is 24.5 Å². The molecule has 1 fully saturated rings. The number of anilines is 1. The van der Waals surface area contributed by atoms with Gasteiger partial charge in [0.25, 0.3) is 5.69 Å². The number of nitro benzene ring substituents is 1. The van der Waals surface area contributed by atoms with Crippen molar-refractivity contribution in [3.8, 4) is 0 Å². The van der Waals surface area contributed by atoms with Gasteiger partial charge in [-0.3, -0.25) is 10.1 Å². The molecule has 1 aliphatic rings. The Kier molecular flexibility index (Phi) is 6.36. The second-order valence-electron chi connectivity index (χ2n) is 6.97. The van der Waals surface area contributed by atoms with Crippen LogP contribution in [0, 0.1) is 23.0 Å². The van der Waals surface area contributed by atoms with Crippen molar-refractivity contribution < 1.29 is 13.3 Å². The number of sulfonamides is 1. The van der Waals surface area contributed by atoms with E-state index < -0.39 is 14.9 Å². The molecule has 28 heavy (non-hydrogen) atoms. The number of hydrogen-bond acceptors (Lipinski definition) is 5. The van der Waals surface area contributed by atoms with Crippen molar-refractivity contribution in [1.82, 2.24) is 4.72 Å². The molecule has 9 heteroatoms. The van der Waals surface area contributed by atoms with Crippen molar-refractivity contribution >= 4 is 37.3 Å². The van der Waals surface area contributed by atoms with E-state index in [2.05, 4.69) is 25.6 Å². The van der Waals surface area contributed by atoms with Crippen LogP contribution in [0.25, 0.3) is 0 Å². The molecule has 2 aromatic carbocycles. The predicted molar refractivity (Wildman–Crippen MR) is 112 cm³/mol. The van der Waals surface area contributed by atoms with Crippen molar-refractivity contribution in [3.05, 3.63) is 62.6 Å². The number of hydrogen-bond donors (Lipinski definition) is 1. The van der Waals surface area contributed by atoms with Crippen LogP contribution < -0.4 is 9.62 Å². The van der Waals surface area contributed by atoms with Gasteiger partial charge in [-0.05, 0) is 55.5 Å². The third-order valence-electron chi connectivity index (χ3n) is 5.02. The van der Waals surface area contributed by atoms with Crippen LogP contribution in [0.2, 0.25) is 0 Å². The molecule has 7 nitrogen and oxygen atoms in total. The second-order valence-corrected chi connectivity index (χ2v) is 9.59. The summed E-state index contributed by atoms with van der Waals surface area (Å²) in [5, 5.41) is 10.9. The maximum Gasteiger partial charge on any atom is 0.271 e. The van der Waals surface area contributed by atoms with E-state index in [-0.39, 0.29) is 16.5 Å². The lowest BCUT2D eigenvalue weighted by molar-refractivity contribution is -0.384. The van der Waals surface area contributed by atoms with Crippen LogP contribution in [-0.4, -0.2) is 33.0 Å². The highest BCUT2D eigenvalue weighted by Crippen LogP contribution is 2.26. The van der Waals surface area contributed by atoms with Crippen LogP contribution in [-0.2, 0) is 10.0 Å². The van der Waals surface area contributed by atoms with E-state index in [0.29, 0.717) is 6.54 Å². The first-order valence-electron chi connectivity index (χ1n) is 9.01. The number of non-ortho nitro benzene ring substituents is 1. The van der Waals surface area contributed by atoms with Gasteiger partial charge in [-0.1, -0.05) is 22.0 Å². The van der Waals surface area contributed by atoms with Gasteiger partial charge in [-0.15, -0.1) is 0 Å². The Balaban J connectivity index is 1.56. The lowest BCUT2D eigenvalue weighted by atomic mass is 9.97. The molecule has 0 unspecified atom stereocenters. The molecule has 0 spiro atoms. The SMILES string of the molecule is Cc1cc(S(=O)(=O)NCC2CCN(c3cccc([N+](=O)[O-])c3)CC2)ccc1Br. The Morgan fingerprint density at radius 3 is 2.57 bits per heavy atom. The zero-order valence-corrected chi connectivity index (χ0v) is 17.9. The average Bonchev–Trinajstić information content (AvgIpc) is 2.69. The second kappa shape index (κ2) is 8.59. The summed E-state index contributed by atoms with van der Waals surface area (Å²) in [5.41, 5.74) is 1.78. The quantitative estimate of drug-likeness (QED) is 0.514. The lowest BCUT2D eigenvalue weighted by Gasteiger charge is -2.33. The normalized spacial score (nSPS) is 15.6. The summed E-state index contributed by atoms with van der Waals surface area (Å²) in [5.74, 6) is 0.237.